The first-order valence-corrected chi connectivity index (χ1v) is 10.9. The number of aliphatic hydroxyl groups is 1. The third-order valence-electron chi connectivity index (χ3n) is 4.27. The van der Waals surface area contributed by atoms with E-state index in [0.29, 0.717) is 17.0 Å². The van der Waals surface area contributed by atoms with Crippen molar-refractivity contribution < 1.29 is 17.9 Å². The van der Waals surface area contributed by atoms with Crippen LogP contribution in [0.25, 0.3) is 6.08 Å². The van der Waals surface area contributed by atoms with Crippen LogP contribution in [0.4, 0.5) is 4.39 Å². The summed E-state index contributed by atoms with van der Waals surface area (Å²) in [6, 6.07) is 11.6. The first-order chi connectivity index (χ1) is 13.3. The van der Waals surface area contributed by atoms with E-state index in [0.717, 1.165) is 0 Å². The molecular formula is C21H25ClFNO3S. The van der Waals surface area contributed by atoms with Crippen molar-refractivity contribution in [2.24, 2.45) is 5.92 Å². The first-order valence-electron chi connectivity index (χ1n) is 9.05. The van der Waals surface area contributed by atoms with Crippen LogP contribution in [0.3, 0.4) is 0 Å². The van der Waals surface area contributed by atoms with Gasteiger partial charge in [0.05, 0.1) is 11.5 Å². The maximum Gasteiger partial charge on any atom is 0.243 e. The molecule has 7 heteroatoms. The molecule has 2 aromatic carbocycles. The Balaban J connectivity index is 2.36. The lowest BCUT2D eigenvalue weighted by molar-refractivity contribution is 0.175. The zero-order chi connectivity index (χ0) is 20.7. The maximum absolute atomic E-state index is 13.8. The molecule has 2 aromatic rings. The number of benzene rings is 2. The standard InChI is InChI=1S/C21H25ClFNO3S/c1-16(2)14-19(15-25)24(13-5-7-17-6-3-4-8-21(17)23)28(26,27)20-11-9-18(22)10-12-20/h3-12,16,19,25H,13-15H2,1-2H3/t19-/m1/s1. The molecule has 4 nitrogen and oxygen atoms in total. The van der Waals surface area contributed by atoms with Crippen molar-refractivity contribution in [3.63, 3.8) is 0 Å². The summed E-state index contributed by atoms with van der Waals surface area (Å²) in [6.45, 7) is 3.63. The van der Waals surface area contributed by atoms with E-state index in [1.54, 1.807) is 30.4 Å². The molecule has 1 atom stereocenters. The van der Waals surface area contributed by atoms with E-state index in [9.17, 15) is 17.9 Å². The highest BCUT2D eigenvalue weighted by Crippen LogP contribution is 2.23. The van der Waals surface area contributed by atoms with Crippen LogP contribution in [0.2, 0.25) is 5.02 Å². The highest BCUT2D eigenvalue weighted by Gasteiger charge is 2.30. The fourth-order valence-electron chi connectivity index (χ4n) is 2.91. The van der Waals surface area contributed by atoms with Crippen molar-refractivity contribution in [1.82, 2.24) is 4.31 Å². The van der Waals surface area contributed by atoms with Crippen molar-refractivity contribution in [1.29, 1.82) is 0 Å². The summed E-state index contributed by atoms with van der Waals surface area (Å²) in [5.74, 6) is -0.192. The monoisotopic (exact) mass is 425 g/mol. The number of hydrogen-bond acceptors (Lipinski definition) is 3. The van der Waals surface area contributed by atoms with Crippen LogP contribution in [0.15, 0.2) is 59.5 Å². The average Bonchev–Trinajstić information content (AvgIpc) is 2.65. The predicted molar refractivity (Wildman–Crippen MR) is 111 cm³/mol. The minimum Gasteiger partial charge on any atom is -0.395 e. The van der Waals surface area contributed by atoms with Crippen molar-refractivity contribution in [3.8, 4) is 0 Å². The smallest absolute Gasteiger partial charge is 0.243 e. The van der Waals surface area contributed by atoms with Gasteiger partial charge < -0.3 is 5.11 Å². The molecule has 0 fully saturated rings. The largest absolute Gasteiger partial charge is 0.395 e. The summed E-state index contributed by atoms with van der Waals surface area (Å²) in [6.07, 6.45) is 3.63. The van der Waals surface area contributed by atoms with Crippen LogP contribution >= 0.6 is 11.6 Å². The van der Waals surface area contributed by atoms with Gasteiger partial charge in [0.1, 0.15) is 5.82 Å². The van der Waals surface area contributed by atoms with Gasteiger partial charge in [-0.3, -0.25) is 0 Å². The summed E-state index contributed by atoms with van der Waals surface area (Å²) in [4.78, 5) is 0.0957. The van der Waals surface area contributed by atoms with E-state index in [1.807, 2.05) is 13.8 Å². The first kappa shape index (κ1) is 22.6. The molecule has 0 spiro atoms. The second kappa shape index (κ2) is 10.2. The molecule has 0 unspecified atom stereocenters. The Morgan fingerprint density at radius 2 is 1.79 bits per heavy atom. The van der Waals surface area contributed by atoms with Crippen molar-refractivity contribution in [3.05, 3.63) is 71.0 Å². The summed E-state index contributed by atoms with van der Waals surface area (Å²) in [7, 11) is -3.87. The van der Waals surface area contributed by atoms with Gasteiger partial charge >= 0.3 is 0 Å². The van der Waals surface area contributed by atoms with Gasteiger partial charge in [-0.15, -0.1) is 0 Å². The number of aliphatic hydroxyl groups excluding tert-OH is 1. The summed E-state index contributed by atoms with van der Waals surface area (Å²) in [5, 5.41) is 10.3. The van der Waals surface area contributed by atoms with Gasteiger partial charge in [0.15, 0.2) is 0 Å². The summed E-state index contributed by atoms with van der Waals surface area (Å²) >= 11 is 5.87. The Hall–Kier alpha value is -1.73. The van der Waals surface area contributed by atoms with Crippen LogP contribution in [-0.4, -0.2) is 37.0 Å². The molecule has 0 saturated carbocycles. The minimum absolute atomic E-state index is 0.0112. The molecule has 28 heavy (non-hydrogen) atoms. The third kappa shape index (κ3) is 5.88. The molecular weight excluding hydrogens is 401 g/mol. The molecule has 0 radical (unpaired) electrons. The second-order valence-electron chi connectivity index (χ2n) is 6.92. The fourth-order valence-corrected chi connectivity index (χ4v) is 4.61. The van der Waals surface area contributed by atoms with Crippen LogP contribution in [0, 0.1) is 11.7 Å². The molecule has 0 aliphatic rings. The second-order valence-corrected chi connectivity index (χ2v) is 9.25. The Kier molecular flexibility index (Phi) is 8.19. The molecule has 152 valence electrons. The minimum atomic E-state index is -3.87. The molecule has 2 rings (SSSR count). The van der Waals surface area contributed by atoms with Crippen LogP contribution in [0.5, 0.6) is 0 Å². The Morgan fingerprint density at radius 1 is 1.14 bits per heavy atom. The van der Waals surface area contributed by atoms with Gasteiger partial charge in [-0.1, -0.05) is 55.8 Å². The van der Waals surface area contributed by atoms with Crippen LogP contribution < -0.4 is 0 Å². The van der Waals surface area contributed by atoms with E-state index < -0.39 is 16.1 Å². The normalized spacial score (nSPS) is 13.5. The predicted octanol–water partition coefficient (Wildman–Crippen LogP) is 4.59. The molecule has 0 saturated heterocycles. The number of hydrogen-bond donors (Lipinski definition) is 1. The molecule has 0 bridgehead atoms. The van der Waals surface area contributed by atoms with Crippen molar-refractivity contribution in [2.75, 3.05) is 13.2 Å². The summed E-state index contributed by atoms with van der Waals surface area (Å²) < 4.78 is 41.5. The lowest BCUT2D eigenvalue weighted by atomic mass is 10.0. The molecule has 0 heterocycles. The van der Waals surface area contributed by atoms with E-state index in [1.165, 1.54) is 34.6 Å². The average molecular weight is 426 g/mol. The van der Waals surface area contributed by atoms with E-state index in [4.69, 9.17) is 11.6 Å². The van der Waals surface area contributed by atoms with E-state index >= 15 is 0 Å². The SMILES string of the molecule is CC(C)C[C@H](CO)N(CC=Cc1ccccc1F)S(=O)(=O)c1ccc(Cl)cc1. The van der Waals surface area contributed by atoms with E-state index in [-0.39, 0.29) is 29.8 Å². The third-order valence-corrected chi connectivity index (χ3v) is 6.45. The highest BCUT2D eigenvalue weighted by atomic mass is 35.5. The van der Waals surface area contributed by atoms with Crippen molar-refractivity contribution >= 4 is 27.7 Å². The molecule has 0 aromatic heterocycles. The van der Waals surface area contributed by atoms with Gasteiger partial charge in [-0.25, -0.2) is 12.8 Å². The molecule has 0 amide bonds. The number of halogens is 2. The topological polar surface area (TPSA) is 57.6 Å². The lowest BCUT2D eigenvalue weighted by Crippen LogP contribution is -2.43. The molecule has 0 aliphatic heterocycles. The fraction of sp³-hybridized carbons (Fsp3) is 0.333. The lowest BCUT2D eigenvalue weighted by Gasteiger charge is -2.30. The highest BCUT2D eigenvalue weighted by molar-refractivity contribution is 7.89. The van der Waals surface area contributed by atoms with Gasteiger partial charge in [-0.2, -0.15) is 4.31 Å². The zero-order valence-electron chi connectivity index (χ0n) is 15.9. The maximum atomic E-state index is 13.8. The number of nitrogens with zero attached hydrogens (tertiary/aromatic N) is 1. The van der Waals surface area contributed by atoms with Gasteiger partial charge in [0.2, 0.25) is 10.0 Å². The quantitative estimate of drug-likeness (QED) is 0.639. The van der Waals surface area contributed by atoms with Gasteiger partial charge in [-0.05, 0) is 42.7 Å². The van der Waals surface area contributed by atoms with Crippen molar-refractivity contribution in [2.45, 2.75) is 31.2 Å². The van der Waals surface area contributed by atoms with Crippen LogP contribution in [0.1, 0.15) is 25.8 Å². The Bertz CT molecular complexity index is 898. The van der Waals surface area contributed by atoms with E-state index in [2.05, 4.69) is 0 Å². The zero-order valence-corrected chi connectivity index (χ0v) is 17.5. The molecule has 1 N–H and O–H groups in total. The number of rotatable bonds is 9. The number of sulfonamides is 1. The van der Waals surface area contributed by atoms with Gasteiger partial charge in [0.25, 0.3) is 0 Å². The summed E-state index contributed by atoms with van der Waals surface area (Å²) in [5.41, 5.74) is 0.371. The molecule has 0 aliphatic carbocycles. The Labute approximate surface area is 171 Å². The van der Waals surface area contributed by atoms with Crippen LogP contribution in [-0.2, 0) is 10.0 Å². The van der Waals surface area contributed by atoms with Gasteiger partial charge in [0, 0.05) is 23.2 Å². The Morgan fingerprint density at radius 3 is 2.36 bits per heavy atom.